The zero-order valence-electron chi connectivity index (χ0n) is 10.6. The van der Waals surface area contributed by atoms with Gasteiger partial charge in [-0.2, -0.15) is 0 Å². The monoisotopic (exact) mass is 226 g/mol. The zero-order valence-corrected chi connectivity index (χ0v) is 10.6. The molecular formula is C15H18N2. The van der Waals surface area contributed by atoms with Crippen molar-refractivity contribution in [2.75, 3.05) is 0 Å². The Balaban J connectivity index is 2.59. The molecule has 0 radical (unpaired) electrons. The van der Waals surface area contributed by atoms with Crippen LogP contribution in [0.1, 0.15) is 37.8 Å². The Hall–Kier alpha value is -1.70. The van der Waals surface area contributed by atoms with Crippen molar-refractivity contribution >= 4 is 0 Å². The average Bonchev–Trinajstić information content (AvgIpc) is 2.38. The molecule has 17 heavy (non-hydrogen) atoms. The minimum Gasteiger partial charge on any atom is -0.237 e. The third-order valence-corrected chi connectivity index (χ3v) is 2.99. The first-order valence-electron chi connectivity index (χ1n) is 6.13. The molecule has 1 heterocycles. The highest BCUT2D eigenvalue weighted by molar-refractivity contribution is 5.62. The molecule has 2 nitrogen and oxygen atoms in total. The molecule has 0 aliphatic rings. The summed E-state index contributed by atoms with van der Waals surface area (Å²) in [7, 11) is 0. The van der Waals surface area contributed by atoms with Gasteiger partial charge in [-0.1, -0.05) is 39.0 Å². The number of benzene rings is 1. The molecule has 0 N–H and O–H groups in total. The van der Waals surface area contributed by atoms with E-state index in [1.54, 1.807) is 12.4 Å². The van der Waals surface area contributed by atoms with E-state index in [0.717, 1.165) is 12.2 Å². The fraction of sp³-hybridized carbons (Fsp3) is 0.333. The lowest BCUT2D eigenvalue weighted by Crippen LogP contribution is -1.99. The number of aromatic nitrogens is 2. The van der Waals surface area contributed by atoms with Crippen LogP contribution in [0, 0.1) is 0 Å². The van der Waals surface area contributed by atoms with Crippen molar-refractivity contribution < 1.29 is 0 Å². The van der Waals surface area contributed by atoms with Crippen molar-refractivity contribution in [3.05, 3.63) is 47.8 Å². The summed E-state index contributed by atoms with van der Waals surface area (Å²) in [6.45, 7) is 6.64. The van der Waals surface area contributed by atoms with E-state index in [1.165, 1.54) is 16.7 Å². The molecule has 0 spiro atoms. The highest BCUT2D eigenvalue weighted by atomic mass is 14.9. The van der Waals surface area contributed by atoms with Gasteiger partial charge in [-0.3, -0.25) is 0 Å². The zero-order chi connectivity index (χ0) is 12.3. The van der Waals surface area contributed by atoms with E-state index < -0.39 is 0 Å². The minimum atomic E-state index is 0.536. The summed E-state index contributed by atoms with van der Waals surface area (Å²) < 4.78 is 0. The first kappa shape index (κ1) is 11.8. The van der Waals surface area contributed by atoms with Crippen LogP contribution >= 0.6 is 0 Å². The maximum atomic E-state index is 4.35. The molecule has 0 amide bonds. The van der Waals surface area contributed by atoms with Crippen LogP contribution in [0.2, 0.25) is 0 Å². The smallest absolute Gasteiger partial charge is 0.159 e. The number of rotatable bonds is 3. The second kappa shape index (κ2) is 5.09. The third-order valence-electron chi connectivity index (χ3n) is 2.99. The van der Waals surface area contributed by atoms with Crippen LogP contribution in [-0.2, 0) is 6.42 Å². The van der Waals surface area contributed by atoms with Crippen LogP contribution in [-0.4, -0.2) is 9.97 Å². The maximum Gasteiger partial charge on any atom is 0.159 e. The molecule has 0 saturated carbocycles. The largest absolute Gasteiger partial charge is 0.237 e. The Bertz CT molecular complexity index is 490. The van der Waals surface area contributed by atoms with E-state index in [-0.39, 0.29) is 0 Å². The van der Waals surface area contributed by atoms with Crippen LogP contribution in [0.15, 0.2) is 36.7 Å². The standard InChI is InChI=1S/C15H18N2/c1-4-12-13(11(2)3)7-5-8-14(12)15-16-9-6-10-17-15/h5-11H,4H2,1-3H3. The van der Waals surface area contributed by atoms with Gasteiger partial charge in [0.05, 0.1) is 0 Å². The van der Waals surface area contributed by atoms with Gasteiger partial charge in [-0.05, 0) is 29.5 Å². The van der Waals surface area contributed by atoms with Gasteiger partial charge in [0.1, 0.15) is 0 Å². The Morgan fingerprint density at radius 1 is 1.06 bits per heavy atom. The van der Waals surface area contributed by atoms with E-state index in [0.29, 0.717) is 5.92 Å². The molecule has 0 unspecified atom stereocenters. The lowest BCUT2D eigenvalue weighted by molar-refractivity contribution is 0.844. The van der Waals surface area contributed by atoms with Crippen molar-refractivity contribution in [2.24, 2.45) is 0 Å². The van der Waals surface area contributed by atoms with Crippen molar-refractivity contribution in [3.63, 3.8) is 0 Å². The second-order valence-corrected chi connectivity index (χ2v) is 4.45. The van der Waals surface area contributed by atoms with Crippen LogP contribution in [0.4, 0.5) is 0 Å². The molecule has 1 aromatic carbocycles. The highest BCUT2D eigenvalue weighted by Gasteiger charge is 2.12. The van der Waals surface area contributed by atoms with Gasteiger partial charge < -0.3 is 0 Å². The number of hydrogen-bond donors (Lipinski definition) is 0. The molecule has 0 aliphatic carbocycles. The van der Waals surface area contributed by atoms with Gasteiger partial charge >= 0.3 is 0 Å². The van der Waals surface area contributed by atoms with Crippen LogP contribution in [0.25, 0.3) is 11.4 Å². The number of hydrogen-bond acceptors (Lipinski definition) is 2. The van der Waals surface area contributed by atoms with Gasteiger partial charge in [0, 0.05) is 18.0 Å². The summed E-state index contributed by atoms with van der Waals surface area (Å²) in [5, 5.41) is 0. The SMILES string of the molecule is CCc1c(-c2ncccn2)cccc1C(C)C. The molecule has 0 aliphatic heterocycles. The van der Waals surface area contributed by atoms with E-state index in [2.05, 4.69) is 48.9 Å². The lowest BCUT2D eigenvalue weighted by atomic mass is 9.91. The van der Waals surface area contributed by atoms with Crippen molar-refractivity contribution in [1.82, 2.24) is 9.97 Å². The van der Waals surface area contributed by atoms with Gasteiger partial charge in [0.15, 0.2) is 5.82 Å². The fourth-order valence-electron chi connectivity index (χ4n) is 2.19. The Kier molecular flexibility index (Phi) is 3.52. The Labute approximate surface area is 103 Å². The van der Waals surface area contributed by atoms with Crippen molar-refractivity contribution in [2.45, 2.75) is 33.1 Å². The van der Waals surface area contributed by atoms with E-state index in [1.807, 2.05) is 6.07 Å². The molecule has 0 saturated heterocycles. The average molecular weight is 226 g/mol. The molecule has 0 atom stereocenters. The van der Waals surface area contributed by atoms with E-state index >= 15 is 0 Å². The Morgan fingerprint density at radius 2 is 1.76 bits per heavy atom. The first-order chi connectivity index (χ1) is 8.24. The van der Waals surface area contributed by atoms with Gasteiger partial charge in [0.2, 0.25) is 0 Å². The minimum absolute atomic E-state index is 0.536. The van der Waals surface area contributed by atoms with Gasteiger partial charge in [0.25, 0.3) is 0 Å². The number of nitrogens with zero attached hydrogens (tertiary/aromatic N) is 2. The normalized spacial score (nSPS) is 10.8. The predicted octanol–water partition coefficient (Wildman–Crippen LogP) is 3.83. The summed E-state index contributed by atoms with van der Waals surface area (Å²) in [6.07, 6.45) is 4.61. The Morgan fingerprint density at radius 3 is 2.35 bits per heavy atom. The summed E-state index contributed by atoms with van der Waals surface area (Å²) in [4.78, 5) is 8.69. The van der Waals surface area contributed by atoms with Crippen LogP contribution in [0.3, 0.4) is 0 Å². The summed E-state index contributed by atoms with van der Waals surface area (Å²) >= 11 is 0. The van der Waals surface area contributed by atoms with Crippen molar-refractivity contribution in [1.29, 1.82) is 0 Å². The predicted molar refractivity (Wildman–Crippen MR) is 70.9 cm³/mol. The molecule has 0 bridgehead atoms. The van der Waals surface area contributed by atoms with Crippen LogP contribution < -0.4 is 0 Å². The quantitative estimate of drug-likeness (QED) is 0.795. The molecule has 0 fully saturated rings. The maximum absolute atomic E-state index is 4.35. The topological polar surface area (TPSA) is 25.8 Å². The fourth-order valence-corrected chi connectivity index (χ4v) is 2.19. The van der Waals surface area contributed by atoms with E-state index in [4.69, 9.17) is 0 Å². The first-order valence-corrected chi connectivity index (χ1v) is 6.13. The van der Waals surface area contributed by atoms with Crippen molar-refractivity contribution in [3.8, 4) is 11.4 Å². The highest BCUT2D eigenvalue weighted by Crippen LogP contribution is 2.28. The molecule has 88 valence electrons. The van der Waals surface area contributed by atoms with Gasteiger partial charge in [-0.25, -0.2) is 9.97 Å². The van der Waals surface area contributed by atoms with E-state index in [9.17, 15) is 0 Å². The second-order valence-electron chi connectivity index (χ2n) is 4.45. The lowest BCUT2D eigenvalue weighted by Gasteiger charge is -2.15. The summed E-state index contributed by atoms with van der Waals surface area (Å²) in [5.41, 5.74) is 3.94. The molecule has 2 aromatic rings. The molecule has 1 aromatic heterocycles. The third kappa shape index (κ3) is 2.36. The van der Waals surface area contributed by atoms with Gasteiger partial charge in [-0.15, -0.1) is 0 Å². The molecule has 2 heteroatoms. The molecule has 2 rings (SSSR count). The van der Waals surface area contributed by atoms with Crippen LogP contribution in [0.5, 0.6) is 0 Å². The summed E-state index contributed by atoms with van der Waals surface area (Å²) in [6, 6.07) is 8.26. The molecular weight excluding hydrogens is 208 g/mol. The summed E-state index contributed by atoms with van der Waals surface area (Å²) in [5.74, 6) is 1.36.